The van der Waals surface area contributed by atoms with Crippen LogP contribution in [-0.4, -0.2) is 49.6 Å². The number of amides is 3. The molecule has 1 aliphatic heterocycles. The number of nitrogens with zero attached hydrogens (tertiary/aromatic N) is 2. The predicted molar refractivity (Wildman–Crippen MR) is 131 cm³/mol. The molecule has 3 N–H and O–H groups in total. The van der Waals surface area contributed by atoms with Crippen molar-refractivity contribution in [1.82, 2.24) is 10.2 Å². The number of halogens is 2. The molecule has 8 heteroatoms. The Bertz CT molecular complexity index is 976. The molecule has 1 saturated heterocycles. The molecule has 0 radical (unpaired) electrons. The van der Waals surface area contributed by atoms with E-state index in [0.717, 1.165) is 36.4 Å². The molecular weight excluding hydrogens is 447 g/mol. The molecular formula is C24H30Cl2N4O2. The van der Waals surface area contributed by atoms with Gasteiger partial charge in [0.2, 0.25) is 0 Å². The Labute approximate surface area is 200 Å². The second kappa shape index (κ2) is 10.1. The number of benzene rings is 2. The van der Waals surface area contributed by atoms with E-state index in [1.54, 1.807) is 24.1 Å². The van der Waals surface area contributed by atoms with Crippen molar-refractivity contribution < 1.29 is 9.59 Å². The van der Waals surface area contributed by atoms with E-state index in [1.165, 1.54) is 5.56 Å². The summed E-state index contributed by atoms with van der Waals surface area (Å²) >= 11 is 6.22. The van der Waals surface area contributed by atoms with Crippen molar-refractivity contribution in [2.45, 2.75) is 37.1 Å². The molecule has 0 atom stereocenters. The molecule has 172 valence electrons. The zero-order chi connectivity index (χ0) is 22.0. The molecule has 2 aromatic carbocycles. The first-order valence-electron chi connectivity index (χ1n) is 10.8. The summed E-state index contributed by atoms with van der Waals surface area (Å²) in [6, 6.07) is 15.5. The fourth-order valence-electron chi connectivity index (χ4n) is 4.99. The average molecular weight is 477 g/mol. The van der Waals surface area contributed by atoms with Gasteiger partial charge in [-0.1, -0.05) is 29.8 Å². The van der Waals surface area contributed by atoms with Crippen LogP contribution in [0.3, 0.4) is 0 Å². The third-order valence-electron chi connectivity index (χ3n) is 6.87. The van der Waals surface area contributed by atoms with Crippen LogP contribution in [0.15, 0.2) is 48.5 Å². The maximum atomic E-state index is 13.2. The molecule has 6 nitrogen and oxygen atoms in total. The fourth-order valence-corrected chi connectivity index (χ4v) is 5.18. The smallest absolute Gasteiger partial charge is 0.324 e. The largest absolute Gasteiger partial charge is 0.355 e. The first-order valence-corrected chi connectivity index (χ1v) is 11.2. The van der Waals surface area contributed by atoms with Crippen molar-refractivity contribution in [1.29, 1.82) is 0 Å². The maximum Gasteiger partial charge on any atom is 0.324 e. The minimum Gasteiger partial charge on any atom is -0.355 e. The van der Waals surface area contributed by atoms with Gasteiger partial charge in [-0.05, 0) is 61.6 Å². The van der Waals surface area contributed by atoms with Crippen LogP contribution in [0, 0.1) is 0 Å². The predicted octanol–water partition coefficient (Wildman–Crippen LogP) is 4.20. The van der Waals surface area contributed by atoms with E-state index < -0.39 is 0 Å². The number of nitrogens with two attached hydrogens (primary N) is 1. The topological polar surface area (TPSA) is 78.7 Å². The van der Waals surface area contributed by atoms with Gasteiger partial charge in [-0.3, -0.25) is 9.69 Å². The lowest BCUT2D eigenvalue weighted by molar-refractivity contribution is 0.0963. The Balaban J connectivity index is 0.00000289. The molecule has 0 aromatic heterocycles. The lowest BCUT2D eigenvalue weighted by Crippen LogP contribution is -2.46. The van der Waals surface area contributed by atoms with Crippen molar-refractivity contribution in [3.8, 4) is 0 Å². The Hall–Kier alpha value is -2.28. The highest BCUT2D eigenvalue weighted by Crippen LogP contribution is 2.41. The summed E-state index contributed by atoms with van der Waals surface area (Å²) in [5.74, 6) is -0.156. The van der Waals surface area contributed by atoms with E-state index in [-0.39, 0.29) is 35.8 Å². The third kappa shape index (κ3) is 4.58. The zero-order valence-corrected chi connectivity index (χ0v) is 19.8. The number of nitrogens with one attached hydrogen (secondary N) is 1. The van der Waals surface area contributed by atoms with Crippen LogP contribution in [0.1, 0.15) is 41.6 Å². The molecule has 32 heavy (non-hydrogen) atoms. The standard InChI is InChI=1S/C24H29ClN4O2.ClH/c1-27-22(30)17-4-2-7-21(14-17)29-13-12-28(23(29)31)20-8-10-24(16-26,11-9-20)18-5-3-6-19(25)15-18;/h2-7,14-15,20H,8-13,16,26H2,1H3,(H,27,30);1H. The van der Waals surface area contributed by atoms with Gasteiger partial charge < -0.3 is 16.0 Å². The lowest BCUT2D eigenvalue weighted by atomic mass is 9.68. The zero-order valence-electron chi connectivity index (χ0n) is 18.2. The average Bonchev–Trinajstić information content (AvgIpc) is 3.20. The summed E-state index contributed by atoms with van der Waals surface area (Å²) in [4.78, 5) is 28.9. The highest BCUT2D eigenvalue weighted by Gasteiger charge is 2.41. The van der Waals surface area contributed by atoms with Crippen LogP contribution in [0.5, 0.6) is 0 Å². The Morgan fingerprint density at radius 1 is 1.16 bits per heavy atom. The van der Waals surface area contributed by atoms with Crippen LogP contribution in [0.2, 0.25) is 5.02 Å². The number of rotatable bonds is 5. The highest BCUT2D eigenvalue weighted by atomic mass is 35.5. The Morgan fingerprint density at radius 3 is 2.53 bits per heavy atom. The monoisotopic (exact) mass is 476 g/mol. The van der Waals surface area contributed by atoms with Gasteiger partial charge in [0, 0.05) is 54.4 Å². The van der Waals surface area contributed by atoms with Crippen molar-refractivity contribution in [2.75, 3.05) is 31.6 Å². The van der Waals surface area contributed by atoms with Crippen molar-refractivity contribution in [2.24, 2.45) is 5.73 Å². The van der Waals surface area contributed by atoms with E-state index in [0.29, 0.717) is 25.2 Å². The van der Waals surface area contributed by atoms with E-state index in [2.05, 4.69) is 11.4 Å². The molecule has 0 spiro atoms. The molecule has 1 aliphatic carbocycles. The minimum atomic E-state index is -0.156. The quantitative estimate of drug-likeness (QED) is 0.678. The Morgan fingerprint density at radius 2 is 1.88 bits per heavy atom. The molecule has 4 rings (SSSR count). The van der Waals surface area contributed by atoms with E-state index in [9.17, 15) is 9.59 Å². The van der Waals surface area contributed by atoms with Gasteiger partial charge >= 0.3 is 6.03 Å². The molecule has 2 aromatic rings. The number of carbonyl (C=O) groups is 2. The number of hydrogen-bond donors (Lipinski definition) is 2. The van der Waals surface area contributed by atoms with Gasteiger partial charge in [-0.25, -0.2) is 4.79 Å². The normalized spacial score (nSPS) is 23.1. The molecule has 3 amide bonds. The molecule has 0 bridgehead atoms. The fraction of sp³-hybridized carbons (Fsp3) is 0.417. The van der Waals surface area contributed by atoms with Crippen LogP contribution >= 0.6 is 24.0 Å². The van der Waals surface area contributed by atoms with E-state index >= 15 is 0 Å². The van der Waals surface area contributed by atoms with E-state index in [1.807, 2.05) is 35.2 Å². The van der Waals surface area contributed by atoms with Crippen LogP contribution in [0.4, 0.5) is 10.5 Å². The van der Waals surface area contributed by atoms with Crippen molar-refractivity contribution in [3.63, 3.8) is 0 Å². The second-order valence-electron chi connectivity index (χ2n) is 8.48. The maximum absolute atomic E-state index is 13.2. The molecule has 2 aliphatic rings. The first kappa shape index (κ1) is 24.4. The third-order valence-corrected chi connectivity index (χ3v) is 7.10. The molecule has 0 unspecified atom stereocenters. The number of anilines is 1. The number of hydrogen-bond acceptors (Lipinski definition) is 3. The summed E-state index contributed by atoms with van der Waals surface area (Å²) in [5, 5.41) is 3.36. The minimum absolute atomic E-state index is 0. The van der Waals surface area contributed by atoms with Crippen LogP contribution in [-0.2, 0) is 5.41 Å². The summed E-state index contributed by atoms with van der Waals surface area (Å²) in [6.45, 7) is 1.90. The lowest BCUT2D eigenvalue weighted by Gasteiger charge is -2.42. The second-order valence-corrected chi connectivity index (χ2v) is 8.92. The van der Waals surface area contributed by atoms with Gasteiger partial charge in [0.1, 0.15) is 0 Å². The van der Waals surface area contributed by atoms with Gasteiger partial charge in [0.15, 0.2) is 0 Å². The summed E-state index contributed by atoms with van der Waals surface area (Å²) in [6.07, 6.45) is 3.71. The van der Waals surface area contributed by atoms with E-state index in [4.69, 9.17) is 17.3 Å². The van der Waals surface area contributed by atoms with Crippen molar-refractivity contribution >= 4 is 41.6 Å². The molecule has 1 heterocycles. The molecule has 2 fully saturated rings. The number of carbonyl (C=O) groups excluding carboxylic acids is 2. The van der Waals surface area contributed by atoms with Gasteiger partial charge in [-0.15, -0.1) is 12.4 Å². The van der Waals surface area contributed by atoms with Gasteiger partial charge in [0.25, 0.3) is 5.91 Å². The summed E-state index contributed by atoms with van der Waals surface area (Å²) < 4.78 is 0. The first-order chi connectivity index (χ1) is 15.0. The van der Waals surface area contributed by atoms with Gasteiger partial charge in [-0.2, -0.15) is 0 Å². The van der Waals surface area contributed by atoms with Crippen molar-refractivity contribution in [3.05, 3.63) is 64.7 Å². The van der Waals surface area contributed by atoms with Gasteiger partial charge in [0.05, 0.1) is 0 Å². The number of urea groups is 1. The highest BCUT2D eigenvalue weighted by molar-refractivity contribution is 6.30. The SMILES string of the molecule is CNC(=O)c1cccc(N2CCN(C3CCC(CN)(c4cccc(Cl)c4)CC3)C2=O)c1.Cl. The molecule has 1 saturated carbocycles. The Kier molecular flexibility index (Phi) is 7.70. The summed E-state index contributed by atoms with van der Waals surface area (Å²) in [5.41, 5.74) is 8.67. The summed E-state index contributed by atoms with van der Waals surface area (Å²) in [7, 11) is 1.60. The van der Waals surface area contributed by atoms with Crippen LogP contribution in [0.25, 0.3) is 0 Å². The van der Waals surface area contributed by atoms with Crippen LogP contribution < -0.4 is 16.0 Å².